The molecule has 0 spiro atoms. The second kappa shape index (κ2) is 25.2. The fraction of sp³-hybridized carbons (Fsp3) is 0.455. The Morgan fingerprint density at radius 1 is 0.188 bits per heavy atom. The molecule has 0 N–H and O–H groups in total. The number of fused-ring (bicyclic) bond motifs is 28. The Labute approximate surface area is 569 Å². The highest BCUT2D eigenvalue weighted by atomic mass is 16.5. The van der Waals surface area contributed by atoms with Gasteiger partial charge >= 0.3 is 0 Å². The minimum atomic E-state index is 0.475. The second-order valence-electron chi connectivity index (χ2n) is 29.2. The van der Waals surface area contributed by atoms with Crippen LogP contribution in [0.4, 0.5) is 0 Å². The van der Waals surface area contributed by atoms with Crippen LogP contribution in [0.1, 0.15) is 247 Å². The van der Waals surface area contributed by atoms with Crippen molar-refractivity contribution in [2.75, 3.05) is 0 Å². The molecule has 8 heteroatoms. The van der Waals surface area contributed by atoms with Crippen LogP contribution in [0.3, 0.4) is 0 Å². The predicted molar refractivity (Wildman–Crippen MR) is 387 cm³/mol. The summed E-state index contributed by atoms with van der Waals surface area (Å²) in [5, 5.41) is 0. The molecule has 8 aliphatic heterocycles. The van der Waals surface area contributed by atoms with Crippen molar-refractivity contribution in [2.24, 2.45) is 0 Å². The minimum Gasteiger partial charge on any atom is -0.488 e. The number of hydrogen-bond donors (Lipinski definition) is 0. The highest BCUT2D eigenvalue weighted by molar-refractivity contribution is 5.99. The average molecular weight is 1280 g/mol. The van der Waals surface area contributed by atoms with E-state index in [9.17, 15) is 0 Å². The summed E-state index contributed by atoms with van der Waals surface area (Å²) in [5.74, 6) is 7.58. The van der Waals surface area contributed by atoms with Gasteiger partial charge in [0.05, 0.1) is 0 Å². The first-order chi connectivity index (χ1) is 47.3. The maximum Gasteiger partial charge on any atom is 0.128 e. The van der Waals surface area contributed by atoms with Crippen LogP contribution in [0, 0.1) is 0 Å². The molecule has 0 bridgehead atoms. The lowest BCUT2D eigenvalue weighted by Gasteiger charge is -2.37. The number of hydrogen-bond acceptors (Lipinski definition) is 8. The van der Waals surface area contributed by atoms with Crippen LogP contribution < -0.4 is 37.9 Å². The van der Waals surface area contributed by atoms with E-state index in [1.165, 1.54) is 134 Å². The quantitative estimate of drug-likeness (QED) is 0.0592. The molecule has 16 rings (SSSR count). The molecule has 8 aromatic carbocycles. The molecule has 96 heavy (non-hydrogen) atoms. The maximum atomic E-state index is 7.29. The smallest absolute Gasteiger partial charge is 0.128 e. The lowest BCUT2D eigenvalue weighted by Crippen LogP contribution is -2.22. The molecule has 0 saturated heterocycles. The van der Waals surface area contributed by atoms with Crippen molar-refractivity contribution in [2.45, 2.75) is 262 Å². The molecule has 8 nitrogen and oxygen atoms in total. The number of unbranched alkanes of at least 4 members (excludes halogenated alkanes) is 8. The van der Waals surface area contributed by atoms with E-state index in [4.69, 9.17) is 37.9 Å². The lowest BCUT2D eigenvalue weighted by molar-refractivity contribution is 0.270. The zero-order valence-electron chi connectivity index (χ0n) is 58.5. The first kappa shape index (κ1) is 61.7. The second-order valence-corrected chi connectivity index (χ2v) is 29.2. The first-order valence-electron chi connectivity index (χ1n) is 37.9. The van der Waals surface area contributed by atoms with E-state index in [2.05, 4.69) is 104 Å². The van der Waals surface area contributed by atoms with Crippen LogP contribution in [-0.4, -0.2) is 0 Å². The zero-order valence-corrected chi connectivity index (χ0v) is 58.5. The Balaban J connectivity index is 0.974. The molecule has 0 saturated carbocycles. The fourth-order valence-corrected chi connectivity index (χ4v) is 18.7. The summed E-state index contributed by atoms with van der Waals surface area (Å²) in [5.41, 5.74) is 41.7. The highest BCUT2D eigenvalue weighted by Gasteiger charge is 2.42. The van der Waals surface area contributed by atoms with Gasteiger partial charge < -0.3 is 37.9 Å². The molecule has 0 atom stereocenters. The van der Waals surface area contributed by atoms with Gasteiger partial charge in [-0.05, 0) is 240 Å². The zero-order chi connectivity index (χ0) is 65.0. The molecule has 0 radical (unpaired) electrons. The molecule has 0 fully saturated rings. The average Bonchev–Trinajstić information content (AvgIpc) is 0.715. The SMILES string of the molecule is CCCCc1c(CCCC)c2c3c4c1-c1cc5c(cc1OC4)-c1c(CCCC)c(CCCC)c4c(c1CO5)COc1cc5c(cc1-4)OCc1c4c(c(CCCC)c(CCCC)c1-5)-c1cc5c(cc1OC4)-c1c(CCCC)c(CCCC)c4c(c1CO5)COc1cc-2c(cc1-4)OC3. The van der Waals surface area contributed by atoms with E-state index in [0.717, 1.165) is 245 Å². The highest BCUT2D eigenvalue weighted by Crippen LogP contribution is 2.62. The first-order valence-corrected chi connectivity index (χ1v) is 37.9. The monoisotopic (exact) mass is 1280 g/mol. The van der Waals surface area contributed by atoms with Crippen LogP contribution in [0.25, 0.3) is 89.0 Å². The fourth-order valence-electron chi connectivity index (χ4n) is 18.7. The molecular weight excluding hydrogens is 1180 g/mol. The maximum absolute atomic E-state index is 7.29. The van der Waals surface area contributed by atoms with Crippen molar-refractivity contribution in [1.29, 1.82) is 0 Å². The Hall–Kier alpha value is -7.84. The summed E-state index contributed by atoms with van der Waals surface area (Å²) in [7, 11) is 0. The predicted octanol–water partition coefficient (Wildman–Crippen LogP) is 23.2. The summed E-state index contributed by atoms with van der Waals surface area (Å²) in [6, 6.07) is 19.1. The Morgan fingerprint density at radius 3 is 0.406 bits per heavy atom. The summed E-state index contributed by atoms with van der Waals surface area (Å²) in [6.45, 7) is 22.5. The number of ether oxygens (including phenoxy) is 8. The molecule has 8 aromatic rings. The minimum absolute atomic E-state index is 0.475. The Kier molecular flexibility index (Phi) is 16.2. The molecule has 0 aliphatic carbocycles. The molecule has 496 valence electrons. The van der Waals surface area contributed by atoms with Crippen molar-refractivity contribution < 1.29 is 37.9 Å². The van der Waals surface area contributed by atoms with Gasteiger partial charge in [0.15, 0.2) is 0 Å². The third kappa shape index (κ3) is 9.52. The van der Waals surface area contributed by atoms with Crippen LogP contribution >= 0.6 is 0 Å². The molecular formula is C88H96O8. The van der Waals surface area contributed by atoms with E-state index >= 15 is 0 Å². The van der Waals surface area contributed by atoms with Crippen LogP contribution in [0.2, 0.25) is 0 Å². The Morgan fingerprint density at radius 2 is 0.302 bits per heavy atom. The summed E-state index contributed by atoms with van der Waals surface area (Å²) in [6.07, 6.45) is 25.5. The van der Waals surface area contributed by atoms with Gasteiger partial charge in [0.1, 0.15) is 98.9 Å². The van der Waals surface area contributed by atoms with E-state index in [1.54, 1.807) is 0 Å². The molecule has 8 heterocycles. The third-order valence-corrected chi connectivity index (χ3v) is 23.4. The summed E-state index contributed by atoms with van der Waals surface area (Å²) >= 11 is 0. The Bertz CT molecular complexity index is 3680. The topological polar surface area (TPSA) is 73.8 Å². The molecule has 0 aromatic heterocycles. The van der Waals surface area contributed by atoms with Gasteiger partial charge in [-0.15, -0.1) is 0 Å². The van der Waals surface area contributed by atoms with Crippen molar-refractivity contribution in [3.05, 3.63) is 138 Å². The van der Waals surface area contributed by atoms with Crippen LogP contribution in [-0.2, 0) is 104 Å². The standard InChI is InChI=1S/C88H96O8/c1-9-17-25-49-50(26-18-10-2)82-58-34-76-60-36-75(58)90-42-66(82)65-41-89-73-35-59-74(33-57(73)81(49)65)91-43-67-69-45-93-77-39-63-78(37-61(77)85(69)52(28-20-12-4)51(83(59)67)27-19-11-3)95-47-71-72-48-96-80-38-62-79(40-64(80)88(72)56(32-24-16-8)55(87(63)71)31-23-15-7)94-46-70-68(44-92-76)84(60)53(29-21-13-5)54(86(62)70)30-22-14-6/h33-40H,9-32,41-48H2,1-8H3. The van der Waals surface area contributed by atoms with E-state index < -0.39 is 0 Å². The van der Waals surface area contributed by atoms with Gasteiger partial charge in [0.25, 0.3) is 0 Å². The van der Waals surface area contributed by atoms with Gasteiger partial charge in [0.2, 0.25) is 0 Å². The van der Waals surface area contributed by atoms with Crippen molar-refractivity contribution >= 4 is 0 Å². The van der Waals surface area contributed by atoms with Crippen molar-refractivity contribution in [3.8, 4) is 135 Å². The summed E-state index contributed by atoms with van der Waals surface area (Å²) < 4.78 is 58.3. The summed E-state index contributed by atoms with van der Waals surface area (Å²) in [4.78, 5) is 0. The van der Waals surface area contributed by atoms with Gasteiger partial charge in [-0.3, -0.25) is 0 Å². The van der Waals surface area contributed by atoms with Gasteiger partial charge in [0, 0.05) is 89.0 Å². The van der Waals surface area contributed by atoms with Crippen molar-refractivity contribution in [1.82, 2.24) is 0 Å². The van der Waals surface area contributed by atoms with Crippen LogP contribution in [0.15, 0.2) is 48.5 Å². The largest absolute Gasteiger partial charge is 0.488 e. The van der Waals surface area contributed by atoms with Gasteiger partial charge in [-0.1, -0.05) is 107 Å². The van der Waals surface area contributed by atoms with Gasteiger partial charge in [-0.25, -0.2) is 0 Å². The van der Waals surface area contributed by atoms with Crippen molar-refractivity contribution in [3.63, 3.8) is 0 Å². The molecule has 0 unspecified atom stereocenters. The van der Waals surface area contributed by atoms with E-state index in [-0.39, 0.29) is 0 Å². The van der Waals surface area contributed by atoms with Crippen LogP contribution in [0.5, 0.6) is 46.0 Å². The lowest BCUT2D eigenvalue weighted by atomic mass is 9.74. The van der Waals surface area contributed by atoms with Gasteiger partial charge in [-0.2, -0.15) is 0 Å². The molecule has 8 aliphatic rings. The molecule has 0 amide bonds. The normalized spacial score (nSPS) is 14.8. The van der Waals surface area contributed by atoms with E-state index in [1.807, 2.05) is 0 Å². The number of rotatable bonds is 24. The number of benzene rings is 8. The van der Waals surface area contributed by atoms with E-state index in [0.29, 0.717) is 52.9 Å². The third-order valence-electron chi connectivity index (χ3n) is 23.4.